The lowest BCUT2D eigenvalue weighted by molar-refractivity contribution is 0.0939. The highest BCUT2D eigenvalue weighted by atomic mass is 16.5. The van der Waals surface area contributed by atoms with Gasteiger partial charge in [-0.05, 0) is 45.4 Å². The third-order valence-corrected chi connectivity index (χ3v) is 3.70. The van der Waals surface area contributed by atoms with Gasteiger partial charge in [-0.3, -0.25) is 4.79 Å². The van der Waals surface area contributed by atoms with Gasteiger partial charge in [0.25, 0.3) is 5.91 Å². The number of methoxy groups -OCH3 is 1. The zero-order valence-corrected chi connectivity index (χ0v) is 11.9. The van der Waals surface area contributed by atoms with Crippen LogP contribution < -0.4 is 15.4 Å². The number of amides is 1. The lowest BCUT2D eigenvalue weighted by Gasteiger charge is -2.24. The Kier molecular flexibility index (Phi) is 4.10. The van der Waals surface area contributed by atoms with Crippen LogP contribution in [-0.2, 0) is 0 Å². The summed E-state index contributed by atoms with van der Waals surface area (Å²) in [6, 6.07) is 5.63. The molecule has 2 rings (SSSR count). The lowest BCUT2D eigenvalue weighted by Crippen LogP contribution is -2.47. The Morgan fingerprint density at radius 2 is 2.32 bits per heavy atom. The minimum Gasteiger partial charge on any atom is -0.496 e. The Bertz CT molecular complexity index is 465. The van der Waals surface area contributed by atoms with Crippen LogP contribution in [-0.4, -0.2) is 31.6 Å². The fraction of sp³-hybridized carbons (Fsp3) is 0.533. The summed E-state index contributed by atoms with van der Waals surface area (Å²) in [5, 5.41) is 6.44. The van der Waals surface area contributed by atoms with Crippen molar-refractivity contribution < 1.29 is 9.53 Å². The Hall–Kier alpha value is -1.55. The molecule has 0 aromatic heterocycles. The predicted molar refractivity (Wildman–Crippen MR) is 75.7 cm³/mol. The Morgan fingerprint density at radius 1 is 1.53 bits per heavy atom. The van der Waals surface area contributed by atoms with Crippen LogP contribution >= 0.6 is 0 Å². The second kappa shape index (κ2) is 5.61. The molecule has 1 aromatic rings. The van der Waals surface area contributed by atoms with Crippen LogP contribution in [0.25, 0.3) is 0 Å². The maximum absolute atomic E-state index is 12.3. The summed E-state index contributed by atoms with van der Waals surface area (Å²) in [7, 11) is 1.58. The van der Waals surface area contributed by atoms with Crippen molar-refractivity contribution in [2.24, 2.45) is 0 Å². The molecule has 104 valence electrons. The molecule has 1 aliphatic rings. The van der Waals surface area contributed by atoms with Crippen molar-refractivity contribution in [3.8, 4) is 5.75 Å². The summed E-state index contributed by atoms with van der Waals surface area (Å²) in [5.74, 6) is 0.545. The monoisotopic (exact) mass is 262 g/mol. The van der Waals surface area contributed by atoms with Crippen molar-refractivity contribution in [3.05, 3.63) is 29.3 Å². The molecule has 19 heavy (non-hydrogen) atoms. The van der Waals surface area contributed by atoms with Gasteiger partial charge in [0.15, 0.2) is 0 Å². The number of rotatable bonds is 4. The summed E-state index contributed by atoms with van der Waals surface area (Å²) < 4.78 is 5.24. The van der Waals surface area contributed by atoms with Crippen molar-refractivity contribution in [3.63, 3.8) is 0 Å². The van der Waals surface area contributed by atoms with Gasteiger partial charge < -0.3 is 15.4 Å². The van der Waals surface area contributed by atoms with Gasteiger partial charge in [-0.2, -0.15) is 0 Å². The largest absolute Gasteiger partial charge is 0.496 e. The average molecular weight is 262 g/mol. The molecule has 0 spiro atoms. The Balaban J connectivity index is 2.05. The fourth-order valence-electron chi connectivity index (χ4n) is 2.48. The highest BCUT2D eigenvalue weighted by Gasteiger charge is 2.28. The molecule has 0 saturated carbocycles. The van der Waals surface area contributed by atoms with E-state index < -0.39 is 0 Å². The molecule has 1 unspecified atom stereocenters. The molecule has 4 nitrogen and oxygen atoms in total. The van der Waals surface area contributed by atoms with Crippen LogP contribution in [0, 0.1) is 6.92 Å². The molecule has 0 bridgehead atoms. The predicted octanol–water partition coefficient (Wildman–Crippen LogP) is 1.88. The second-order valence-electron chi connectivity index (χ2n) is 5.48. The minimum absolute atomic E-state index is 0.0206. The summed E-state index contributed by atoms with van der Waals surface area (Å²) >= 11 is 0. The minimum atomic E-state index is -0.0736. The van der Waals surface area contributed by atoms with Gasteiger partial charge in [0, 0.05) is 12.1 Å². The van der Waals surface area contributed by atoms with Gasteiger partial charge >= 0.3 is 0 Å². The van der Waals surface area contributed by atoms with Crippen LogP contribution in [0.5, 0.6) is 5.75 Å². The first-order valence-electron chi connectivity index (χ1n) is 6.72. The zero-order valence-electron chi connectivity index (χ0n) is 11.9. The van der Waals surface area contributed by atoms with Crippen LogP contribution in [0.15, 0.2) is 18.2 Å². The number of nitrogens with one attached hydrogen (secondary N) is 2. The molecule has 1 atom stereocenters. The van der Waals surface area contributed by atoms with Crippen molar-refractivity contribution in [1.82, 2.24) is 10.6 Å². The van der Waals surface area contributed by atoms with Gasteiger partial charge in [-0.1, -0.05) is 11.6 Å². The van der Waals surface area contributed by atoms with E-state index in [0.717, 1.165) is 18.5 Å². The van der Waals surface area contributed by atoms with Gasteiger partial charge in [0.2, 0.25) is 0 Å². The van der Waals surface area contributed by atoms with E-state index in [9.17, 15) is 4.79 Å². The molecule has 0 radical (unpaired) electrons. The first-order valence-corrected chi connectivity index (χ1v) is 6.72. The smallest absolute Gasteiger partial charge is 0.255 e. The second-order valence-corrected chi connectivity index (χ2v) is 5.48. The van der Waals surface area contributed by atoms with Crippen LogP contribution in [0.2, 0.25) is 0 Å². The molecule has 1 aliphatic heterocycles. The first-order chi connectivity index (χ1) is 9.04. The standard InChI is InChI=1S/C15H22N2O2/c1-11-5-6-13(19-3)12(9-11)14(18)16-10-15(2)7-4-8-17-15/h5-6,9,17H,4,7-8,10H2,1-3H3,(H,16,18). The number of carbonyl (C=O) groups excluding carboxylic acids is 1. The molecule has 1 amide bonds. The van der Waals surface area contributed by atoms with E-state index in [0.29, 0.717) is 17.9 Å². The first kappa shape index (κ1) is 13.9. The molecule has 4 heteroatoms. The van der Waals surface area contributed by atoms with Crippen LogP contribution in [0.3, 0.4) is 0 Å². The lowest BCUT2D eigenvalue weighted by atomic mass is 10.0. The Labute approximate surface area is 114 Å². The highest BCUT2D eigenvalue weighted by molar-refractivity contribution is 5.97. The van der Waals surface area contributed by atoms with E-state index in [4.69, 9.17) is 4.74 Å². The summed E-state index contributed by atoms with van der Waals surface area (Å²) in [6.07, 6.45) is 2.26. The van der Waals surface area contributed by atoms with Gasteiger partial charge in [0.1, 0.15) is 5.75 Å². The average Bonchev–Trinajstić information content (AvgIpc) is 2.83. The zero-order chi connectivity index (χ0) is 13.9. The number of aryl methyl sites for hydroxylation is 1. The van der Waals surface area contributed by atoms with Crippen LogP contribution in [0.4, 0.5) is 0 Å². The quantitative estimate of drug-likeness (QED) is 0.871. The van der Waals surface area contributed by atoms with Gasteiger partial charge in [-0.25, -0.2) is 0 Å². The molecule has 1 saturated heterocycles. The van der Waals surface area contributed by atoms with Gasteiger partial charge in [0.05, 0.1) is 12.7 Å². The molecular weight excluding hydrogens is 240 g/mol. The van der Waals surface area contributed by atoms with Crippen LogP contribution in [0.1, 0.15) is 35.7 Å². The fourth-order valence-corrected chi connectivity index (χ4v) is 2.48. The van der Waals surface area contributed by atoms with E-state index in [2.05, 4.69) is 17.6 Å². The summed E-state index contributed by atoms with van der Waals surface area (Å²) in [5.41, 5.74) is 1.67. The normalized spacial score (nSPS) is 22.3. The highest BCUT2D eigenvalue weighted by Crippen LogP contribution is 2.21. The number of ether oxygens (including phenoxy) is 1. The van der Waals surface area contributed by atoms with Crippen molar-refractivity contribution >= 4 is 5.91 Å². The third kappa shape index (κ3) is 3.26. The number of benzene rings is 1. The topological polar surface area (TPSA) is 50.4 Å². The summed E-state index contributed by atoms with van der Waals surface area (Å²) in [6.45, 7) is 5.78. The molecule has 1 fully saturated rings. The maximum atomic E-state index is 12.3. The van der Waals surface area contributed by atoms with Gasteiger partial charge in [-0.15, -0.1) is 0 Å². The number of hydrogen-bond acceptors (Lipinski definition) is 3. The van der Waals surface area contributed by atoms with E-state index in [-0.39, 0.29) is 11.4 Å². The number of carbonyl (C=O) groups is 1. The third-order valence-electron chi connectivity index (χ3n) is 3.70. The Morgan fingerprint density at radius 3 is 2.95 bits per heavy atom. The van der Waals surface area contributed by atoms with E-state index >= 15 is 0 Å². The number of hydrogen-bond donors (Lipinski definition) is 2. The molecule has 1 heterocycles. The van der Waals surface area contributed by atoms with E-state index in [1.807, 2.05) is 25.1 Å². The molecular formula is C15H22N2O2. The summed E-state index contributed by atoms with van der Waals surface area (Å²) in [4.78, 5) is 12.3. The molecule has 2 N–H and O–H groups in total. The maximum Gasteiger partial charge on any atom is 0.255 e. The van der Waals surface area contributed by atoms with Crippen molar-refractivity contribution in [2.75, 3.05) is 20.2 Å². The van der Waals surface area contributed by atoms with E-state index in [1.54, 1.807) is 7.11 Å². The van der Waals surface area contributed by atoms with Crippen molar-refractivity contribution in [2.45, 2.75) is 32.2 Å². The molecule has 0 aliphatic carbocycles. The SMILES string of the molecule is COc1ccc(C)cc1C(=O)NCC1(C)CCCN1. The molecule has 1 aromatic carbocycles. The van der Waals surface area contributed by atoms with Crippen molar-refractivity contribution in [1.29, 1.82) is 0 Å². The van der Waals surface area contributed by atoms with E-state index in [1.165, 1.54) is 6.42 Å².